The van der Waals surface area contributed by atoms with Crippen LogP contribution in [0.1, 0.15) is 10.8 Å². The molecule has 0 saturated heterocycles. The summed E-state index contributed by atoms with van der Waals surface area (Å²) < 4.78 is 5.16. The predicted octanol–water partition coefficient (Wildman–Crippen LogP) is 3.55. The molecule has 1 aliphatic rings. The first-order valence-electron chi connectivity index (χ1n) is 6.20. The van der Waals surface area contributed by atoms with Gasteiger partial charge < -0.3 is 4.74 Å². The van der Waals surface area contributed by atoms with Gasteiger partial charge in [0.25, 0.3) is 0 Å². The topological polar surface area (TPSA) is 53.8 Å². The average Bonchev–Trinajstić information content (AvgIpc) is 2.53. The molecule has 0 amide bonds. The molecule has 1 unspecified atom stereocenters. The van der Waals surface area contributed by atoms with Crippen molar-refractivity contribution in [3.8, 4) is 5.75 Å². The Hall–Kier alpha value is -1.98. The summed E-state index contributed by atoms with van der Waals surface area (Å²) in [7, 11) is 1.64. The van der Waals surface area contributed by atoms with Crippen molar-refractivity contribution in [2.45, 2.75) is 10.1 Å². The zero-order chi connectivity index (χ0) is 13.9. The van der Waals surface area contributed by atoms with Crippen LogP contribution in [-0.2, 0) is 0 Å². The van der Waals surface area contributed by atoms with Gasteiger partial charge in [-0.3, -0.25) is 10.7 Å². The molecule has 2 aromatic rings. The van der Waals surface area contributed by atoms with Gasteiger partial charge in [0.2, 0.25) is 0 Å². The van der Waals surface area contributed by atoms with Crippen LogP contribution in [0.2, 0.25) is 0 Å². The first-order valence-corrected chi connectivity index (χ1v) is 7.08. The lowest BCUT2D eigenvalue weighted by Gasteiger charge is -2.23. The molecule has 3 rings (SSSR count). The molecule has 4 nitrogen and oxygen atoms in total. The van der Waals surface area contributed by atoms with Crippen LogP contribution in [0.3, 0.4) is 0 Å². The highest BCUT2D eigenvalue weighted by atomic mass is 32.2. The third kappa shape index (κ3) is 2.37. The van der Waals surface area contributed by atoms with Gasteiger partial charge in [-0.2, -0.15) is 0 Å². The van der Waals surface area contributed by atoms with Gasteiger partial charge in [-0.05, 0) is 29.8 Å². The fourth-order valence-corrected chi connectivity index (χ4v) is 3.26. The third-order valence-electron chi connectivity index (χ3n) is 3.13. The Bertz CT molecular complexity index is 641. The number of hydroxylamine groups is 1. The number of fused-ring (bicyclic) bond motifs is 1. The van der Waals surface area contributed by atoms with Crippen molar-refractivity contribution in [2.24, 2.45) is 4.99 Å². The number of nitrogens with zero attached hydrogens (tertiary/aromatic N) is 1. The molecule has 1 aliphatic heterocycles. The molecule has 2 N–H and O–H groups in total. The van der Waals surface area contributed by atoms with Crippen molar-refractivity contribution in [2.75, 3.05) is 7.11 Å². The quantitative estimate of drug-likeness (QED) is 0.829. The zero-order valence-corrected chi connectivity index (χ0v) is 11.7. The van der Waals surface area contributed by atoms with Crippen LogP contribution >= 0.6 is 11.8 Å². The highest BCUT2D eigenvalue weighted by Gasteiger charge is 2.25. The third-order valence-corrected chi connectivity index (χ3v) is 4.46. The van der Waals surface area contributed by atoms with E-state index < -0.39 is 0 Å². The van der Waals surface area contributed by atoms with Crippen LogP contribution in [-0.4, -0.2) is 18.2 Å². The summed E-state index contributed by atoms with van der Waals surface area (Å²) in [6.45, 7) is 0. The van der Waals surface area contributed by atoms with Crippen molar-refractivity contribution in [1.82, 2.24) is 5.48 Å². The first kappa shape index (κ1) is 13.0. The molecule has 20 heavy (non-hydrogen) atoms. The fourth-order valence-electron chi connectivity index (χ4n) is 2.11. The molecular weight excluding hydrogens is 272 g/mol. The SMILES string of the molecule is COc1ccc(C2Sc3ccccc3N=C2NO)cc1. The van der Waals surface area contributed by atoms with Crippen molar-refractivity contribution in [3.05, 3.63) is 54.1 Å². The maximum Gasteiger partial charge on any atom is 0.144 e. The summed E-state index contributed by atoms with van der Waals surface area (Å²) in [4.78, 5) is 5.57. The number of rotatable bonds is 2. The van der Waals surface area contributed by atoms with Gasteiger partial charge in [-0.15, -0.1) is 11.8 Å². The summed E-state index contributed by atoms with van der Waals surface area (Å²) in [5.41, 5.74) is 4.15. The molecule has 0 aliphatic carbocycles. The molecule has 0 bridgehead atoms. The highest BCUT2D eigenvalue weighted by molar-refractivity contribution is 8.00. The van der Waals surface area contributed by atoms with Gasteiger partial charge in [-0.1, -0.05) is 24.3 Å². The largest absolute Gasteiger partial charge is 0.497 e. The number of benzene rings is 2. The lowest BCUT2D eigenvalue weighted by atomic mass is 10.1. The van der Waals surface area contributed by atoms with E-state index in [1.165, 1.54) is 0 Å². The first-order chi connectivity index (χ1) is 9.81. The number of ether oxygens (including phenoxy) is 1. The minimum absolute atomic E-state index is 0.0548. The number of hydrogen-bond donors (Lipinski definition) is 2. The lowest BCUT2D eigenvalue weighted by Crippen LogP contribution is -2.26. The molecule has 0 radical (unpaired) electrons. The van der Waals surface area contributed by atoms with E-state index >= 15 is 0 Å². The van der Waals surface area contributed by atoms with E-state index in [4.69, 9.17) is 4.74 Å². The summed E-state index contributed by atoms with van der Waals surface area (Å²) in [5.74, 6) is 1.35. The smallest absolute Gasteiger partial charge is 0.144 e. The zero-order valence-electron chi connectivity index (χ0n) is 10.9. The molecule has 1 atom stereocenters. The van der Waals surface area contributed by atoms with Crippen molar-refractivity contribution >= 4 is 23.3 Å². The second-order valence-electron chi connectivity index (χ2n) is 4.35. The van der Waals surface area contributed by atoms with Gasteiger partial charge in [0.1, 0.15) is 11.6 Å². The number of nitrogens with one attached hydrogen (secondary N) is 1. The number of amidine groups is 1. The molecule has 1 heterocycles. The summed E-state index contributed by atoms with van der Waals surface area (Å²) >= 11 is 1.66. The molecule has 5 heteroatoms. The van der Waals surface area contributed by atoms with Gasteiger partial charge in [0, 0.05) is 4.90 Å². The minimum atomic E-state index is -0.0548. The highest BCUT2D eigenvalue weighted by Crippen LogP contribution is 2.44. The van der Waals surface area contributed by atoms with E-state index in [9.17, 15) is 5.21 Å². The second kappa shape index (κ2) is 5.56. The fraction of sp³-hybridized carbons (Fsp3) is 0.133. The van der Waals surface area contributed by atoms with Crippen LogP contribution in [0.15, 0.2) is 58.4 Å². The maximum absolute atomic E-state index is 9.33. The number of aliphatic imine (C=N–C) groups is 1. The summed E-state index contributed by atoms with van der Waals surface area (Å²) in [6, 6.07) is 15.7. The van der Waals surface area contributed by atoms with Crippen LogP contribution in [0.25, 0.3) is 0 Å². The van der Waals surface area contributed by atoms with E-state index in [1.54, 1.807) is 18.9 Å². The minimum Gasteiger partial charge on any atom is -0.497 e. The molecular formula is C15H14N2O2S. The molecule has 0 aromatic heterocycles. The van der Waals surface area contributed by atoms with E-state index in [0.29, 0.717) is 5.84 Å². The van der Waals surface area contributed by atoms with E-state index in [1.807, 2.05) is 48.5 Å². The van der Waals surface area contributed by atoms with Crippen molar-refractivity contribution in [3.63, 3.8) is 0 Å². The van der Waals surface area contributed by atoms with E-state index in [-0.39, 0.29) is 5.25 Å². The Morgan fingerprint density at radius 3 is 2.60 bits per heavy atom. The maximum atomic E-state index is 9.33. The van der Waals surface area contributed by atoms with Gasteiger partial charge in [0.15, 0.2) is 0 Å². The van der Waals surface area contributed by atoms with Crippen molar-refractivity contribution in [1.29, 1.82) is 0 Å². The number of methoxy groups -OCH3 is 1. The average molecular weight is 286 g/mol. The lowest BCUT2D eigenvalue weighted by molar-refractivity contribution is 0.232. The van der Waals surface area contributed by atoms with Crippen LogP contribution < -0.4 is 10.2 Å². The molecule has 2 aromatic carbocycles. The van der Waals surface area contributed by atoms with Crippen LogP contribution in [0, 0.1) is 0 Å². The van der Waals surface area contributed by atoms with Crippen LogP contribution in [0.5, 0.6) is 5.75 Å². The molecule has 0 fully saturated rings. The van der Waals surface area contributed by atoms with Crippen molar-refractivity contribution < 1.29 is 9.94 Å². The Balaban J connectivity index is 1.97. The molecule has 0 saturated carbocycles. The van der Waals surface area contributed by atoms with Gasteiger partial charge in [0.05, 0.1) is 18.0 Å². The predicted molar refractivity (Wildman–Crippen MR) is 80.1 cm³/mol. The normalized spacial score (nSPS) is 17.1. The Kier molecular flexibility index (Phi) is 3.62. The number of hydrogen-bond acceptors (Lipinski definition) is 5. The summed E-state index contributed by atoms with van der Waals surface area (Å²) in [6.07, 6.45) is 0. The number of para-hydroxylation sites is 1. The van der Waals surface area contributed by atoms with Crippen LogP contribution in [0.4, 0.5) is 5.69 Å². The summed E-state index contributed by atoms with van der Waals surface area (Å²) in [5, 5.41) is 9.28. The van der Waals surface area contributed by atoms with E-state index in [2.05, 4.69) is 10.5 Å². The van der Waals surface area contributed by atoms with Gasteiger partial charge in [-0.25, -0.2) is 4.99 Å². The Morgan fingerprint density at radius 1 is 1.15 bits per heavy atom. The Labute approximate surface area is 121 Å². The standard InChI is InChI=1S/C15H14N2O2S/c1-19-11-8-6-10(7-9-11)14-15(17-18)16-12-4-2-3-5-13(12)20-14/h2-9,14,18H,1H3,(H,16,17). The second-order valence-corrected chi connectivity index (χ2v) is 5.49. The number of thioether (sulfide) groups is 1. The monoisotopic (exact) mass is 286 g/mol. The van der Waals surface area contributed by atoms with E-state index in [0.717, 1.165) is 21.9 Å². The van der Waals surface area contributed by atoms with Gasteiger partial charge >= 0.3 is 0 Å². The molecule has 0 spiro atoms. The Morgan fingerprint density at radius 2 is 1.90 bits per heavy atom. The molecule has 102 valence electrons.